The van der Waals surface area contributed by atoms with Crippen molar-refractivity contribution in [3.63, 3.8) is 0 Å². The molecule has 0 amide bonds. The molecule has 98 valence electrons. The number of rotatable bonds is 4. The number of hydrogen-bond acceptors (Lipinski definition) is 3. The van der Waals surface area contributed by atoms with Crippen molar-refractivity contribution in [1.29, 1.82) is 0 Å². The van der Waals surface area contributed by atoms with Gasteiger partial charge >= 0.3 is 0 Å². The zero-order valence-corrected chi connectivity index (χ0v) is 10.9. The standard InChI is InChI=1S/C16H14N4/c1-3-7-14(8-4-1)11-16(15-9-5-2-6-10-15)19-20-13-17-12-18-20/h1-10,12-13H,11H2. The molecule has 0 radical (unpaired) electrons. The van der Waals surface area contributed by atoms with Crippen LogP contribution < -0.4 is 0 Å². The van der Waals surface area contributed by atoms with Gasteiger partial charge in [-0.25, -0.2) is 4.98 Å². The number of hydrogen-bond donors (Lipinski definition) is 0. The predicted octanol–water partition coefficient (Wildman–Crippen LogP) is 2.77. The average molecular weight is 262 g/mol. The maximum absolute atomic E-state index is 4.54. The number of aromatic nitrogens is 3. The summed E-state index contributed by atoms with van der Waals surface area (Å²) in [5.74, 6) is 0. The van der Waals surface area contributed by atoms with Crippen LogP contribution in [0.2, 0.25) is 0 Å². The Morgan fingerprint density at radius 2 is 1.65 bits per heavy atom. The van der Waals surface area contributed by atoms with Crippen molar-refractivity contribution in [2.45, 2.75) is 6.42 Å². The van der Waals surface area contributed by atoms with Crippen LogP contribution in [0.3, 0.4) is 0 Å². The Hall–Kier alpha value is -2.75. The molecule has 0 atom stereocenters. The Balaban J connectivity index is 1.96. The maximum atomic E-state index is 4.54. The van der Waals surface area contributed by atoms with Crippen LogP contribution in [0.15, 0.2) is 78.4 Å². The highest BCUT2D eigenvalue weighted by Gasteiger charge is 2.05. The molecule has 0 bridgehead atoms. The van der Waals surface area contributed by atoms with Crippen molar-refractivity contribution in [2.75, 3.05) is 0 Å². The molecule has 0 N–H and O–H groups in total. The molecule has 0 aliphatic heterocycles. The SMILES string of the molecule is c1ccc(CC(=Nn2cncn2)c2ccccc2)cc1. The molecule has 20 heavy (non-hydrogen) atoms. The molecular formula is C16H14N4. The minimum Gasteiger partial charge on any atom is -0.221 e. The molecule has 0 unspecified atom stereocenters. The fourth-order valence-corrected chi connectivity index (χ4v) is 1.99. The van der Waals surface area contributed by atoms with Crippen LogP contribution in [-0.4, -0.2) is 20.6 Å². The van der Waals surface area contributed by atoms with Gasteiger partial charge in [0.15, 0.2) is 0 Å². The van der Waals surface area contributed by atoms with Crippen molar-refractivity contribution in [2.24, 2.45) is 5.10 Å². The first-order valence-electron chi connectivity index (χ1n) is 6.43. The van der Waals surface area contributed by atoms with Crippen molar-refractivity contribution in [3.05, 3.63) is 84.4 Å². The quantitative estimate of drug-likeness (QED) is 0.678. The van der Waals surface area contributed by atoms with Gasteiger partial charge in [0.25, 0.3) is 0 Å². The van der Waals surface area contributed by atoms with Gasteiger partial charge in [-0.05, 0) is 11.1 Å². The van der Waals surface area contributed by atoms with Gasteiger partial charge in [-0.2, -0.15) is 5.10 Å². The smallest absolute Gasteiger partial charge is 0.139 e. The van der Waals surface area contributed by atoms with Crippen LogP contribution in [0.25, 0.3) is 0 Å². The molecule has 1 aromatic heterocycles. The van der Waals surface area contributed by atoms with E-state index < -0.39 is 0 Å². The van der Waals surface area contributed by atoms with Crippen LogP contribution in [0.4, 0.5) is 0 Å². The highest BCUT2D eigenvalue weighted by Crippen LogP contribution is 2.09. The molecule has 0 saturated carbocycles. The van der Waals surface area contributed by atoms with E-state index in [1.165, 1.54) is 16.7 Å². The van der Waals surface area contributed by atoms with Gasteiger partial charge in [0.05, 0.1) is 5.71 Å². The minimum absolute atomic E-state index is 0.755. The minimum atomic E-state index is 0.755. The average Bonchev–Trinajstić information content (AvgIpc) is 3.02. The lowest BCUT2D eigenvalue weighted by Gasteiger charge is -2.06. The Morgan fingerprint density at radius 3 is 2.30 bits per heavy atom. The van der Waals surface area contributed by atoms with Crippen LogP contribution in [0, 0.1) is 0 Å². The molecule has 0 spiro atoms. The summed E-state index contributed by atoms with van der Waals surface area (Å²) < 4.78 is 0. The Labute approximate surface area is 117 Å². The number of benzene rings is 2. The second-order valence-corrected chi connectivity index (χ2v) is 4.39. The lowest BCUT2D eigenvalue weighted by Crippen LogP contribution is -2.08. The van der Waals surface area contributed by atoms with Crippen molar-refractivity contribution in [1.82, 2.24) is 14.9 Å². The summed E-state index contributed by atoms with van der Waals surface area (Å²) in [5, 5.41) is 8.59. The van der Waals surface area contributed by atoms with E-state index >= 15 is 0 Å². The third-order valence-corrected chi connectivity index (χ3v) is 2.95. The maximum Gasteiger partial charge on any atom is 0.139 e. The van der Waals surface area contributed by atoms with Gasteiger partial charge in [-0.15, -0.1) is 9.89 Å². The van der Waals surface area contributed by atoms with E-state index in [9.17, 15) is 0 Å². The Bertz CT molecular complexity index is 673. The van der Waals surface area contributed by atoms with E-state index in [1.54, 1.807) is 6.33 Å². The summed E-state index contributed by atoms with van der Waals surface area (Å²) in [4.78, 5) is 5.41. The van der Waals surface area contributed by atoms with E-state index in [4.69, 9.17) is 0 Å². The molecule has 3 aromatic rings. The molecule has 0 fully saturated rings. The predicted molar refractivity (Wildman–Crippen MR) is 78.5 cm³/mol. The van der Waals surface area contributed by atoms with Gasteiger partial charge < -0.3 is 0 Å². The highest BCUT2D eigenvalue weighted by molar-refractivity contribution is 6.01. The van der Waals surface area contributed by atoms with E-state index in [1.807, 2.05) is 36.4 Å². The Kier molecular flexibility index (Phi) is 3.64. The zero-order chi connectivity index (χ0) is 13.6. The zero-order valence-electron chi connectivity index (χ0n) is 10.9. The summed E-state index contributed by atoms with van der Waals surface area (Å²) in [7, 11) is 0. The van der Waals surface area contributed by atoms with E-state index in [0.717, 1.165) is 17.7 Å². The topological polar surface area (TPSA) is 43.1 Å². The summed E-state index contributed by atoms with van der Waals surface area (Å²) in [5.41, 5.74) is 3.27. The number of nitrogens with zero attached hydrogens (tertiary/aromatic N) is 4. The van der Waals surface area contributed by atoms with Crippen molar-refractivity contribution < 1.29 is 0 Å². The van der Waals surface area contributed by atoms with Crippen LogP contribution >= 0.6 is 0 Å². The van der Waals surface area contributed by atoms with Crippen LogP contribution in [-0.2, 0) is 6.42 Å². The van der Waals surface area contributed by atoms with E-state index in [2.05, 4.69) is 39.4 Å². The van der Waals surface area contributed by atoms with Gasteiger partial charge in [-0.1, -0.05) is 60.7 Å². The first-order chi connectivity index (χ1) is 9.92. The molecular weight excluding hydrogens is 248 g/mol. The van der Waals surface area contributed by atoms with E-state index in [-0.39, 0.29) is 0 Å². The third-order valence-electron chi connectivity index (χ3n) is 2.95. The normalized spacial score (nSPS) is 11.5. The van der Waals surface area contributed by atoms with E-state index in [0.29, 0.717) is 0 Å². The summed E-state index contributed by atoms with van der Waals surface area (Å²) in [6, 6.07) is 20.4. The first kappa shape index (κ1) is 12.3. The molecule has 4 heteroatoms. The molecule has 2 aromatic carbocycles. The van der Waals surface area contributed by atoms with Crippen molar-refractivity contribution in [3.8, 4) is 0 Å². The summed E-state index contributed by atoms with van der Waals surface area (Å²) >= 11 is 0. The largest absolute Gasteiger partial charge is 0.221 e. The Morgan fingerprint density at radius 1 is 0.950 bits per heavy atom. The monoisotopic (exact) mass is 262 g/mol. The fraction of sp³-hybridized carbons (Fsp3) is 0.0625. The van der Waals surface area contributed by atoms with Crippen LogP contribution in [0.5, 0.6) is 0 Å². The van der Waals surface area contributed by atoms with Crippen LogP contribution in [0.1, 0.15) is 11.1 Å². The van der Waals surface area contributed by atoms with Gasteiger partial charge in [0.2, 0.25) is 0 Å². The molecule has 1 heterocycles. The van der Waals surface area contributed by atoms with Crippen molar-refractivity contribution >= 4 is 5.71 Å². The molecule has 0 aliphatic carbocycles. The first-order valence-corrected chi connectivity index (χ1v) is 6.43. The second-order valence-electron chi connectivity index (χ2n) is 4.39. The van der Waals surface area contributed by atoms with Gasteiger partial charge in [-0.3, -0.25) is 0 Å². The molecule has 0 aliphatic rings. The lowest BCUT2D eigenvalue weighted by molar-refractivity contribution is 0.736. The summed E-state index contributed by atoms with van der Waals surface area (Å²) in [6.45, 7) is 0. The third kappa shape index (κ3) is 2.98. The summed E-state index contributed by atoms with van der Waals surface area (Å²) in [6.07, 6.45) is 3.83. The second kappa shape index (κ2) is 5.93. The molecule has 3 rings (SSSR count). The van der Waals surface area contributed by atoms with Gasteiger partial charge in [0, 0.05) is 6.42 Å². The fourth-order valence-electron chi connectivity index (χ4n) is 1.99. The molecule has 4 nitrogen and oxygen atoms in total. The lowest BCUT2D eigenvalue weighted by atomic mass is 10.0. The highest BCUT2D eigenvalue weighted by atomic mass is 15.5. The van der Waals surface area contributed by atoms with Gasteiger partial charge in [0.1, 0.15) is 12.7 Å². The molecule has 0 saturated heterocycles.